The number of amides is 1. The molecule has 0 saturated heterocycles. The van der Waals surface area contributed by atoms with Gasteiger partial charge in [-0.15, -0.1) is 0 Å². The zero-order valence-corrected chi connectivity index (χ0v) is 19.0. The van der Waals surface area contributed by atoms with E-state index in [1.165, 1.54) is 0 Å². The highest BCUT2D eigenvalue weighted by atomic mass is 35.5. The summed E-state index contributed by atoms with van der Waals surface area (Å²) in [4.78, 5) is 14.8. The van der Waals surface area contributed by atoms with Crippen LogP contribution < -0.4 is 14.4 Å². The van der Waals surface area contributed by atoms with Gasteiger partial charge in [0.05, 0.1) is 11.6 Å². The Kier molecular flexibility index (Phi) is 6.97. The number of nitrogens with zero attached hydrogens (tertiary/aromatic N) is 2. The van der Waals surface area contributed by atoms with E-state index in [4.69, 9.17) is 21.1 Å². The van der Waals surface area contributed by atoms with Crippen LogP contribution in [0.15, 0.2) is 72.3 Å². The highest BCUT2D eigenvalue weighted by Crippen LogP contribution is 2.38. The summed E-state index contributed by atoms with van der Waals surface area (Å²) in [7, 11) is 0. The van der Waals surface area contributed by atoms with E-state index in [2.05, 4.69) is 0 Å². The maximum Gasteiger partial charge on any atom is 0.268 e. The van der Waals surface area contributed by atoms with Crippen molar-refractivity contribution in [3.05, 3.63) is 94.0 Å². The molecule has 0 bridgehead atoms. The Morgan fingerprint density at radius 3 is 2.64 bits per heavy atom. The number of hydrogen-bond acceptors (Lipinski definition) is 4. The van der Waals surface area contributed by atoms with Gasteiger partial charge in [-0.3, -0.25) is 4.79 Å². The van der Waals surface area contributed by atoms with Gasteiger partial charge in [0.15, 0.2) is 11.5 Å². The first kappa shape index (κ1) is 22.4. The zero-order valence-electron chi connectivity index (χ0n) is 18.3. The number of hydrogen-bond donors (Lipinski definition) is 0. The SMILES string of the molecule is CCOc1cc(/C=C(\C#N)C(=O)N2CCc3ccccc32)cc(Cl)c1OCc1ccccc1. The van der Waals surface area contributed by atoms with Gasteiger partial charge in [-0.25, -0.2) is 0 Å². The van der Waals surface area contributed by atoms with Crippen LogP contribution in [0, 0.1) is 11.3 Å². The Balaban J connectivity index is 1.61. The number of benzene rings is 3. The third-order valence-electron chi connectivity index (χ3n) is 5.35. The van der Waals surface area contributed by atoms with Crippen LogP contribution in [-0.4, -0.2) is 19.1 Å². The lowest BCUT2D eigenvalue weighted by atomic mass is 10.1. The lowest BCUT2D eigenvalue weighted by molar-refractivity contribution is -0.114. The van der Waals surface area contributed by atoms with E-state index in [1.807, 2.05) is 67.6 Å². The van der Waals surface area contributed by atoms with E-state index in [0.29, 0.717) is 41.8 Å². The van der Waals surface area contributed by atoms with E-state index >= 15 is 0 Å². The molecular weight excluding hydrogens is 436 g/mol. The number of halogens is 1. The molecule has 5 nitrogen and oxygen atoms in total. The smallest absolute Gasteiger partial charge is 0.268 e. The summed E-state index contributed by atoms with van der Waals surface area (Å²) in [6.07, 6.45) is 2.31. The Morgan fingerprint density at radius 1 is 1.12 bits per heavy atom. The fourth-order valence-electron chi connectivity index (χ4n) is 3.81. The van der Waals surface area contributed by atoms with Crippen LogP contribution in [0.2, 0.25) is 5.02 Å². The van der Waals surface area contributed by atoms with Crippen molar-refractivity contribution in [1.29, 1.82) is 5.26 Å². The molecule has 0 radical (unpaired) electrons. The molecule has 0 N–H and O–H groups in total. The lowest BCUT2D eigenvalue weighted by Crippen LogP contribution is -2.29. The highest BCUT2D eigenvalue weighted by molar-refractivity contribution is 6.32. The third kappa shape index (κ3) is 5.02. The quantitative estimate of drug-likeness (QED) is 0.331. The second-order valence-corrected chi connectivity index (χ2v) is 7.95. The molecule has 0 spiro atoms. The van der Waals surface area contributed by atoms with Gasteiger partial charge in [0.2, 0.25) is 0 Å². The molecule has 1 amide bonds. The fourth-order valence-corrected chi connectivity index (χ4v) is 4.08. The molecule has 0 atom stereocenters. The normalized spacial score (nSPS) is 12.8. The van der Waals surface area contributed by atoms with Crippen LogP contribution in [0.5, 0.6) is 11.5 Å². The minimum atomic E-state index is -0.332. The first-order valence-corrected chi connectivity index (χ1v) is 11.1. The molecule has 0 aromatic heterocycles. The predicted octanol–water partition coefficient (Wildman–Crippen LogP) is 5.81. The fraction of sp³-hybridized carbons (Fsp3) is 0.185. The van der Waals surface area contributed by atoms with Gasteiger partial charge < -0.3 is 14.4 Å². The second-order valence-electron chi connectivity index (χ2n) is 7.54. The van der Waals surface area contributed by atoms with Crippen LogP contribution in [0.4, 0.5) is 5.69 Å². The molecular formula is C27H23ClN2O3. The standard InChI is InChI=1S/C27H23ClN2O3/c1-2-32-25-16-20(15-23(28)26(25)33-18-19-8-4-3-5-9-19)14-22(17-29)27(31)30-13-12-21-10-6-7-11-24(21)30/h3-11,14-16H,2,12-13,18H2,1H3/b22-14+. The Hall–Kier alpha value is -3.75. The Morgan fingerprint density at radius 2 is 1.88 bits per heavy atom. The zero-order chi connectivity index (χ0) is 23.2. The number of carbonyl (C=O) groups is 1. The molecule has 0 fully saturated rings. The maximum absolute atomic E-state index is 13.1. The van der Waals surface area contributed by atoms with Crippen LogP contribution >= 0.6 is 11.6 Å². The van der Waals surface area contributed by atoms with Crippen molar-refractivity contribution in [2.24, 2.45) is 0 Å². The minimum Gasteiger partial charge on any atom is -0.490 e. The van der Waals surface area contributed by atoms with Crippen molar-refractivity contribution in [3.8, 4) is 17.6 Å². The number of fused-ring (bicyclic) bond motifs is 1. The predicted molar refractivity (Wildman–Crippen MR) is 129 cm³/mol. The van der Waals surface area contributed by atoms with Crippen molar-refractivity contribution < 1.29 is 14.3 Å². The Labute approximate surface area is 198 Å². The molecule has 4 rings (SSSR count). The van der Waals surface area contributed by atoms with Crippen molar-refractivity contribution in [1.82, 2.24) is 0 Å². The van der Waals surface area contributed by atoms with E-state index in [-0.39, 0.29) is 11.5 Å². The molecule has 1 heterocycles. The van der Waals surface area contributed by atoms with E-state index in [1.54, 1.807) is 23.1 Å². The average molecular weight is 459 g/mol. The van der Waals surface area contributed by atoms with Crippen LogP contribution in [0.3, 0.4) is 0 Å². The Bertz CT molecular complexity index is 1230. The monoisotopic (exact) mass is 458 g/mol. The van der Waals surface area contributed by atoms with Gasteiger partial charge in [-0.05, 0) is 54.3 Å². The molecule has 3 aromatic carbocycles. The summed E-state index contributed by atoms with van der Waals surface area (Å²) < 4.78 is 11.7. The van der Waals surface area contributed by atoms with Gasteiger partial charge in [-0.2, -0.15) is 5.26 Å². The van der Waals surface area contributed by atoms with Crippen molar-refractivity contribution in [3.63, 3.8) is 0 Å². The molecule has 3 aromatic rings. The van der Waals surface area contributed by atoms with E-state index in [9.17, 15) is 10.1 Å². The topological polar surface area (TPSA) is 62.6 Å². The first-order valence-electron chi connectivity index (χ1n) is 10.8. The highest BCUT2D eigenvalue weighted by Gasteiger charge is 2.26. The number of anilines is 1. The first-order chi connectivity index (χ1) is 16.1. The second kappa shape index (κ2) is 10.2. The molecule has 6 heteroatoms. The summed E-state index contributed by atoms with van der Waals surface area (Å²) in [5.74, 6) is 0.558. The van der Waals surface area contributed by atoms with E-state index in [0.717, 1.165) is 23.2 Å². The van der Waals surface area contributed by atoms with Crippen LogP contribution in [-0.2, 0) is 17.8 Å². The van der Waals surface area contributed by atoms with Gasteiger partial charge in [-0.1, -0.05) is 60.1 Å². The van der Waals surface area contributed by atoms with Crippen molar-refractivity contribution >= 4 is 29.3 Å². The third-order valence-corrected chi connectivity index (χ3v) is 5.63. The van der Waals surface area contributed by atoms with Crippen molar-refractivity contribution in [2.75, 3.05) is 18.1 Å². The maximum atomic E-state index is 13.1. The van der Waals surface area contributed by atoms with Gasteiger partial charge in [0.25, 0.3) is 5.91 Å². The molecule has 1 aliphatic heterocycles. The van der Waals surface area contributed by atoms with E-state index < -0.39 is 0 Å². The summed E-state index contributed by atoms with van der Waals surface area (Å²) in [5.41, 5.74) is 3.57. The number of para-hydroxylation sites is 1. The molecule has 1 aliphatic rings. The molecule has 33 heavy (non-hydrogen) atoms. The van der Waals surface area contributed by atoms with Crippen LogP contribution in [0.25, 0.3) is 6.08 Å². The molecule has 0 unspecified atom stereocenters. The number of rotatable bonds is 7. The summed E-state index contributed by atoms with van der Waals surface area (Å²) in [5, 5.41) is 10.1. The van der Waals surface area contributed by atoms with Crippen LogP contribution in [0.1, 0.15) is 23.6 Å². The average Bonchev–Trinajstić information content (AvgIpc) is 3.27. The minimum absolute atomic E-state index is 0.0307. The molecule has 0 saturated carbocycles. The molecule has 166 valence electrons. The number of nitriles is 1. The van der Waals surface area contributed by atoms with Crippen molar-refractivity contribution in [2.45, 2.75) is 20.0 Å². The number of ether oxygens (including phenoxy) is 2. The lowest BCUT2D eigenvalue weighted by Gasteiger charge is -2.17. The summed E-state index contributed by atoms with van der Waals surface area (Å²) >= 11 is 6.52. The number of carbonyl (C=O) groups excluding carboxylic acids is 1. The van der Waals surface area contributed by atoms with Gasteiger partial charge >= 0.3 is 0 Å². The largest absolute Gasteiger partial charge is 0.490 e. The summed E-state index contributed by atoms with van der Waals surface area (Å²) in [6.45, 7) is 3.17. The molecule has 0 aliphatic carbocycles. The van der Waals surface area contributed by atoms with Gasteiger partial charge in [0.1, 0.15) is 18.2 Å². The summed E-state index contributed by atoms with van der Waals surface area (Å²) in [6, 6.07) is 23.0. The van der Waals surface area contributed by atoms with Gasteiger partial charge in [0, 0.05) is 12.2 Å².